The van der Waals surface area contributed by atoms with E-state index < -0.39 is 0 Å². The van der Waals surface area contributed by atoms with Crippen LogP contribution >= 0.6 is 0 Å². The molecule has 1 aliphatic heterocycles. The molecule has 0 fully saturated rings. The average molecular weight is 263 g/mol. The first-order valence-electron chi connectivity index (χ1n) is 7.29. The van der Waals surface area contributed by atoms with Gasteiger partial charge in [-0.15, -0.1) is 0 Å². The zero-order valence-corrected chi connectivity index (χ0v) is 12.0. The maximum Gasteiger partial charge on any atom is 0.0843 e. The number of likely N-dealkylation sites (N-methyl/N-ethyl adjacent to an activating group) is 1. The third-order valence-corrected chi connectivity index (χ3v) is 3.67. The summed E-state index contributed by atoms with van der Waals surface area (Å²) in [4.78, 5) is 0. The van der Waals surface area contributed by atoms with E-state index in [4.69, 9.17) is 9.47 Å². The SMILES string of the molecule is CCCOCC(CC1OCCc2ccccc21)NC. The van der Waals surface area contributed by atoms with Crippen LogP contribution in [0.2, 0.25) is 0 Å². The zero-order valence-electron chi connectivity index (χ0n) is 12.0. The van der Waals surface area contributed by atoms with E-state index in [9.17, 15) is 0 Å². The number of benzene rings is 1. The summed E-state index contributed by atoms with van der Waals surface area (Å²) in [5.41, 5.74) is 2.78. The van der Waals surface area contributed by atoms with Gasteiger partial charge in [-0.2, -0.15) is 0 Å². The highest BCUT2D eigenvalue weighted by Gasteiger charge is 2.23. The summed E-state index contributed by atoms with van der Waals surface area (Å²) in [7, 11) is 1.99. The van der Waals surface area contributed by atoms with Crippen LogP contribution in [0.25, 0.3) is 0 Å². The minimum atomic E-state index is 0.202. The first kappa shape index (κ1) is 14.5. The molecule has 0 spiro atoms. The molecule has 0 saturated carbocycles. The van der Waals surface area contributed by atoms with E-state index in [1.807, 2.05) is 7.05 Å². The molecule has 3 heteroatoms. The fourth-order valence-electron chi connectivity index (χ4n) is 2.57. The number of ether oxygens (including phenoxy) is 2. The monoisotopic (exact) mass is 263 g/mol. The van der Waals surface area contributed by atoms with Crippen molar-refractivity contribution < 1.29 is 9.47 Å². The number of rotatable bonds is 7. The van der Waals surface area contributed by atoms with Crippen LogP contribution in [0.5, 0.6) is 0 Å². The third-order valence-electron chi connectivity index (χ3n) is 3.67. The number of hydrogen-bond acceptors (Lipinski definition) is 3. The molecule has 0 radical (unpaired) electrons. The van der Waals surface area contributed by atoms with Crippen LogP contribution in [0.4, 0.5) is 0 Å². The van der Waals surface area contributed by atoms with Gasteiger partial charge in [-0.05, 0) is 37.4 Å². The van der Waals surface area contributed by atoms with E-state index >= 15 is 0 Å². The van der Waals surface area contributed by atoms with E-state index in [1.54, 1.807) is 0 Å². The topological polar surface area (TPSA) is 30.5 Å². The lowest BCUT2D eigenvalue weighted by atomic mass is 9.94. The highest BCUT2D eigenvalue weighted by Crippen LogP contribution is 2.30. The van der Waals surface area contributed by atoms with Crippen molar-refractivity contribution in [2.45, 2.75) is 38.3 Å². The second-order valence-corrected chi connectivity index (χ2v) is 5.10. The van der Waals surface area contributed by atoms with Gasteiger partial charge in [0, 0.05) is 12.6 Å². The molecular weight excluding hydrogens is 238 g/mol. The van der Waals surface area contributed by atoms with Crippen LogP contribution in [0.3, 0.4) is 0 Å². The smallest absolute Gasteiger partial charge is 0.0843 e. The van der Waals surface area contributed by atoms with Crippen molar-refractivity contribution in [3.8, 4) is 0 Å². The summed E-state index contributed by atoms with van der Waals surface area (Å²) in [5.74, 6) is 0. The molecule has 3 nitrogen and oxygen atoms in total. The molecule has 0 amide bonds. The molecule has 2 atom stereocenters. The zero-order chi connectivity index (χ0) is 13.5. The van der Waals surface area contributed by atoms with E-state index in [0.717, 1.165) is 39.1 Å². The lowest BCUT2D eigenvalue weighted by Gasteiger charge is -2.29. The van der Waals surface area contributed by atoms with Crippen molar-refractivity contribution >= 4 is 0 Å². The van der Waals surface area contributed by atoms with Gasteiger partial charge in [-0.25, -0.2) is 0 Å². The van der Waals surface area contributed by atoms with Gasteiger partial charge in [0.1, 0.15) is 0 Å². The van der Waals surface area contributed by atoms with Gasteiger partial charge >= 0.3 is 0 Å². The lowest BCUT2D eigenvalue weighted by Crippen LogP contribution is -2.34. The van der Waals surface area contributed by atoms with E-state index in [2.05, 4.69) is 36.5 Å². The Balaban J connectivity index is 1.94. The molecule has 0 saturated heterocycles. The Morgan fingerprint density at radius 1 is 1.42 bits per heavy atom. The number of hydrogen-bond donors (Lipinski definition) is 1. The van der Waals surface area contributed by atoms with Gasteiger partial charge in [-0.1, -0.05) is 31.2 Å². The molecule has 1 N–H and O–H groups in total. The Kier molecular flexibility index (Phi) is 5.83. The molecule has 1 aromatic carbocycles. The summed E-state index contributed by atoms with van der Waals surface area (Å²) in [6, 6.07) is 8.97. The Hall–Kier alpha value is -0.900. The Morgan fingerprint density at radius 2 is 2.26 bits per heavy atom. The minimum Gasteiger partial charge on any atom is -0.380 e. The van der Waals surface area contributed by atoms with Crippen molar-refractivity contribution in [3.05, 3.63) is 35.4 Å². The van der Waals surface area contributed by atoms with Crippen LogP contribution in [0, 0.1) is 0 Å². The van der Waals surface area contributed by atoms with Gasteiger partial charge in [0.25, 0.3) is 0 Å². The molecule has 1 heterocycles. The predicted octanol–water partition coefficient (Wildman–Crippen LogP) is 2.71. The van der Waals surface area contributed by atoms with E-state index in [-0.39, 0.29) is 6.10 Å². The summed E-state index contributed by atoms with van der Waals surface area (Å²) < 4.78 is 11.6. The molecule has 2 unspecified atom stereocenters. The molecule has 1 aromatic rings. The summed E-state index contributed by atoms with van der Waals surface area (Å²) >= 11 is 0. The van der Waals surface area contributed by atoms with Crippen LogP contribution in [-0.4, -0.2) is 32.9 Å². The van der Waals surface area contributed by atoms with Gasteiger partial charge in [0.15, 0.2) is 0 Å². The molecule has 19 heavy (non-hydrogen) atoms. The van der Waals surface area contributed by atoms with Crippen molar-refractivity contribution in [2.24, 2.45) is 0 Å². The van der Waals surface area contributed by atoms with E-state index in [0.29, 0.717) is 6.04 Å². The highest BCUT2D eigenvalue weighted by molar-refractivity contribution is 5.31. The number of fused-ring (bicyclic) bond motifs is 1. The maximum atomic E-state index is 5.95. The molecular formula is C16H25NO2. The van der Waals surface area contributed by atoms with Gasteiger partial charge in [-0.3, -0.25) is 0 Å². The minimum absolute atomic E-state index is 0.202. The quantitative estimate of drug-likeness (QED) is 0.767. The molecule has 0 bridgehead atoms. The fraction of sp³-hybridized carbons (Fsp3) is 0.625. The van der Waals surface area contributed by atoms with Crippen LogP contribution in [-0.2, 0) is 15.9 Å². The van der Waals surface area contributed by atoms with Crippen molar-refractivity contribution in [2.75, 3.05) is 26.9 Å². The van der Waals surface area contributed by atoms with Gasteiger partial charge < -0.3 is 14.8 Å². The maximum absolute atomic E-state index is 5.95. The predicted molar refractivity (Wildman–Crippen MR) is 77.4 cm³/mol. The highest BCUT2D eigenvalue weighted by atomic mass is 16.5. The molecule has 106 valence electrons. The molecule has 0 aliphatic carbocycles. The first-order valence-corrected chi connectivity index (χ1v) is 7.29. The van der Waals surface area contributed by atoms with Crippen LogP contribution in [0.1, 0.15) is 37.0 Å². The third kappa shape index (κ3) is 4.03. The summed E-state index contributed by atoms with van der Waals surface area (Å²) in [6.45, 7) is 4.55. The summed E-state index contributed by atoms with van der Waals surface area (Å²) in [6.07, 6.45) is 3.27. The second kappa shape index (κ2) is 7.63. The number of nitrogens with one attached hydrogen (secondary N) is 1. The standard InChI is InChI=1S/C16H25NO2/c1-3-9-18-12-14(17-2)11-16-15-7-5-4-6-13(15)8-10-19-16/h4-7,14,16-17H,3,8-12H2,1-2H3. The fourth-order valence-corrected chi connectivity index (χ4v) is 2.57. The lowest BCUT2D eigenvalue weighted by molar-refractivity contribution is 0.0180. The van der Waals surface area contributed by atoms with Crippen molar-refractivity contribution in [1.82, 2.24) is 5.32 Å². The van der Waals surface area contributed by atoms with Gasteiger partial charge in [0.2, 0.25) is 0 Å². The van der Waals surface area contributed by atoms with Gasteiger partial charge in [0.05, 0.1) is 19.3 Å². The summed E-state index contributed by atoms with van der Waals surface area (Å²) in [5, 5.41) is 3.33. The van der Waals surface area contributed by atoms with Crippen molar-refractivity contribution in [3.63, 3.8) is 0 Å². The Bertz CT molecular complexity index is 381. The first-order chi connectivity index (χ1) is 9.35. The molecule has 2 rings (SSSR count). The Labute approximate surface area is 116 Å². The Morgan fingerprint density at radius 3 is 3.05 bits per heavy atom. The largest absolute Gasteiger partial charge is 0.380 e. The average Bonchev–Trinajstić information content (AvgIpc) is 2.46. The van der Waals surface area contributed by atoms with E-state index in [1.165, 1.54) is 11.1 Å². The second-order valence-electron chi connectivity index (χ2n) is 5.10. The molecule has 0 aromatic heterocycles. The van der Waals surface area contributed by atoms with Crippen LogP contribution in [0.15, 0.2) is 24.3 Å². The van der Waals surface area contributed by atoms with Crippen LogP contribution < -0.4 is 5.32 Å². The van der Waals surface area contributed by atoms with Crippen molar-refractivity contribution in [1.29, 1.82) is 0 Å². The molecule has 1 aliphatic rings. The normalized spacial score (nSPS) is 20.0.